The van der Waals surface area contributed by atoms with Crippen LogP contribution in [0.25, 0.3) is 10.9 Å². The standard InChI is InChI=1S/C44H52F3N7O11/c1-26(28-21-29(44(45,46)47)23-30(48)22-28)50-40-32-24-36(59-3)37(25-34(32)51-27(2)52-40)65-20-19-64-18-17-63-16-15-62-14-13-61-12-11-60-10-9-49-33-6-4-5-31-39(33)43(58)54(42(31)57)35-7-8-38(55)53-41(35)56/h4-6,21-26,35,49H,7-20,48H2,1-3H3,(H,50,51,52)(H,53,55,56)/t26-,35?/m1/s1. The third kappa shape index (κ3) is 12.8. The maximum Gasteiger partial charge on any atom is 0.416 e. The Morgan fingerprint density at radius 1 is 0.831 bits per heavy atom. The number of nitrogen functional groups attached to an aromatic ring is 1. The third-order valence-electron chi connectivity index (χ3n) is 10.3. The Bertz CT molecular complexity index is 2330. The number of aromatic nitrogens is 2. The van der Waals surface area contributed by atoms with Gasteiger partial charge in [0.05, 0.1) is 101 Å². The number of nitrogens with one attached hydrogen (secondary N) is 3. The SMILES string of the molecule is COc1cc2c(N[C@H](C)c3cc(N)cc(C(F)(F)F)c3)nc(C)nc2cc1OCCOCCOCCOCCOCCOCCNc1cccc2c1C(=O)N(C1CCC(=O)NC1=O)C2=O. The maximum atomic E-state index is 13.4. The van der Waals surface area contributed by atoms with E-state index >= 15 is 0 Å². The summed E-state index contributed by atoms with van der Waals surface area (Å²) in [6, 6.07) is 10.1. The molecule has 1 unspecified atom stereocenters. The molecule has 1 aromatic heterocycles. The molecule has 0 saturated carbocycles. The molecule has 1 fully saturated rings. The topological polar surface area (TPSA) is 224 Å². The molecule has 6 rings (SSSR count). The van der Waals surface area contributed by atoms with Gasteiger partial charge in [-0.3, -0.25) is 29.4 Å². The highest BCUT2D eigenvalue weighted by molar-refractivity contribution is 6.25. The van der Waals surface area contributed by atoms with E-state index in [0.717, 1.165) is 17.0 Å². The number of fused-ring (bicyclic) bond motifs is 2. The zero-order valence-corrected chi connectivity index (χ0v) is 36.2. The van der Waals surface area contributed by atoms with E-state index in [1.807, 2.05) is 0 Å². The summed E-state index contributed by atoms with van der Waals surface area (Å²) in [7, 11) is 1.49. The van der Waals surface area contributed by atoms with Crippen LogP contribution < -0.4 is 31.2 Å². The summed E-state index contributed by atoms with van der Waals surface area (Å²) in [5, 5.41) is 9.10. The maximum absolute atomic E-state index is 13.4. The predicted molar refractivity (Wildman–Crippen MR) is 230 cm³/mol. The fourth-order valence-electron chi connectivity index (χ4n) is 7.13. The van der Waals surface area contributed by atoms with Crippen LogP contribution in [-0.4, -0.2) is 131 Å². The number of ether oxygens (including phenoxy) is 7. The van der Waals surface area contributed by atoms with Crippen molar-refractivity contribution in [3.05, 3.63) is 76.6 Å². The molecule has 0 bridgehead atoms. The van der Waals surface area contributed by atoms with Crippen molar-refractivity contribution < 1.29 is 65.5 Å². The van der Waals surface area contributed by atoms with E-state index in [2.05, 4.69) is 25.9 Å². The molecule has 0 spiro atoms. The summed E-state index contributed by atoms with van der Waals surface area (Å²) in [4.78, 5) is 60.0. The van der Waals surface area contributed by atoms with Crippen molar-refractivity contribution in [2.45, 2.75) is 44.9 Å². The van der Waals surface area contributed by atoms with Crippen molar-refractivity contribution in [3.63, 3.8) is 0 Å². The van der Waals surface area contributed by atoms with Crippen LogP contribution in [0.4, 0.5) is 30.4 Å². The summed E-state index contributed by atoms with van der Waals surface area (Å²) in [6.07, 6.45) is -4.41. The zero-order valence-electron chi connectivity index (χ0n) is 36.2. The van der Waals surface area contributed by atoms with Gasteiger partial charge < -0.3 is 49.5 Å². The molecular formula is C44H52F3N7O11. The normalized spacial score (nSPS) is 15.6. The molecule has 0 radical (unpaired) electrons. The number of rotatable bonds is 25. The van der Waals surface area contributed by atoms with Gasteiger partial charge in [0.25, 0.3) is 11.8 Å². The van der Waals surface area contributed by atoms with Crippen LogP contribution >= 0.6 is 0 Å². The van der Waals surface area contributed by atoms with Crippen molar-refractivity contribution in [1.29, 1.82) is 0 Å². The number of anilines is 3. The monoisotopic (exact) mass is 911 g/mol. The Hall–Kier alpha value is -6.13. The molecule has 3 aromatic carbocycles. The van der Waals surface area contributed by atoms with Crippen LogP contribution in [0, 0.1) is 6.92 Å². The highest BCUT2D eigenvalue weighted by Gasteiger charge is 2.45. The van der Waals surface area contributed by atoms with Crippen molar-refractivity contribution in [2.24, 2.45) is 0 Å². The summed E-state index contributed by atoms with van der Waals surface area (Å²) in [6.45, 7) is 7.43. The van der Waals surface area contributed by atoms with Crippen LogP contribution in [0.5, 0.6) is 11.5 Å². The lowest BCUT2D eigenvalue weighted by molar-refractivity contribution is -0.138. The molecular weight excluding hydrogens is 860 g/mol. The Morgan fingerprint density at radius 2 is 1.48 bits per heavy atom. The van der Waals surface area contributed by atoms with Gasteiger partial charge in [-0.15, -0.1) is 0 Å². The molecule has 21 heteroatoms. The molecule has 4 amide bonds. The number of nitrogens with zero attached hydrogens (tertiary/aromatic N) is 3. The zero-order chi connectivity index (χ0) is 46.5. The Morgan fingerprint density at radius 3 is 2.11 bits per heavy atom. The molecule has 2 atom stereocenters. The predicted octanol–water partition coefficient (Wildman–Crippen LogP) is 4.70. The Balaban J connectivity index is 0.791. The van der Waals surface area contributed by atoms with Crippen molar-refractivity contribution in [2.75, 3.05) is 103 Å². The largest absolute Gasteiger partial charge is 0.493 e. The molecule has 18 nitrogen and oxygen atoms in total. The number of nitrogens with two attached hydrogens (primary N) is 1. The van der Waals surface area contributed by atoms with Crippen LogP contribution in [-0.2, 0) is 39.4 Å². The van der Waals surface area contributed by atoms with Crippen LogP contribution in [0.15, 0.2) is 48.5 Å². The number of aryl methyl sites for hydroxylation is 1. The first-order valence-corrected chi connectivity index (χ1v) is 21.0. The lowest BCUT2D eigenvalue weighted by Crippen LogP contribution is -2.54. The number of carbonyl (C=O) groups excluding carboxylic acids is 4. The van der Waals surface area contributed by atoms with Gasteiger partial charge in [0.1, 0.15) is 24.3 Å². The number of amides is 4. The minimum atomic E-state index is -4.54. The number of halogens is 3. The minimum absolute atomic E-state index is 0.00278. The number of methoxy groups -OCH3 is 1. The summed E-state index contributed by atoms with van der Waals surface area (Å²) < 4.78 is 79.7. The first-order chi connectivity index (χ1) is 31.2. The first kappa shape index (κ1) is 48.3. The quantitative estimate of drug-likeness (QED) is 0.0402. The highest BCUT2D eigenvalue weighted by Crippen LogP contribution is 2.37. The molecule has 350 valence electrons. The molecule has 1 saturated heterocycles. The number of alkyl halides is 3. The van der Waals surface area contributed by atoms with E-state index in [1.54, 1.807) is 38.1 Å². The fraction of sp³-hybridized carbons (Fsp3) is 0.455. The van der Waals surface area contributed by atoms with Crippen molar-refractivity contribution in [3.8, 4) is 11.5 Å². The lowest BCUT2D eigenvalue weighted by atomic mass is 10.0. The van der Waals surface area contributed by atoms with Crippen LogP contribution in [0.1, 0.15) is 63.5 Å². The van der Waals surface area contributed by atoms with E-state index in [1.165, 1.54) is 19.2 Å². The summed E-state index contributed by atoms with van der Waals surface area (Å²) in [5.41, 5.74) is 6.69. The van der Waals surface area contributed by atoms with Gasteiger partial charge in [-0.2, -0.15) is 13.2 Å². The van der Waals surface area contributed by atoms with Gasteiger partial charge in [0, 0.05) is 35.8 Å². The Labute approximate surface area is 372 Å². The summed E-state index contributed by atoms with van der Waals surface area (Å²) >= 11 is 0. The fourth-order valence-corrected chi connectivity index (χ4v) is 7.13. The van der Waals surface area contributed by atoms with E-state index in [9.17, 15) is 32.3 Å². The van der Waals surface area contributed by atoms with E-state index < -0.39 is 47.5 Å². The second-order valence-corrected chi connectivity index (χ2v) is 14.9. The molecule has 2 aliphatic heterocycles. The second kappa shape index (κ2) is 22.7. The molecule has 4 aromatic rings. The van der Waals surface area contributed by atoms with Gasteiger partial charge in [-0.1, -0.05) is 6.07 Å². The van der Waals surface area contributed by atoms with Gasteiger partial charge in [-0.25, -0.2) is 9.97 Å². The number of benzene rings is 3. The molecule has 3 heterocycles. The summed E-state index contributed by atoms with van der Waals surface area (Å²) in [5.74, 6) is -0.549. The smallest absolute Gasteiger partial charge is 0.416 e. The van der Waals surface area contributed by atoms with Crippen molar-refractivity contribution in [1.82, 2.24) is 20.2 Å². The van der Waals surface area contributed by atoms with Gasteiger partial charge in [0.2, 0.25) is 11.8 Å². The van der Waals surface area contributed by atoms with Gasteiger partial charge in [0.15, 0.2) is 11.5 Å². The van der Waals surface area contributed by atoms with E-state index in [4.69, 9.17) is 38.9 Å². The molecule has 5 N–H and O–H groups in total. The first-order valence-electron chi connectivity index (χ1n) is 21.0. The number of hydrogen-bond acceptors (Lipinski definition) is 16. The lowest BCUT2D eigenvalue weighted by Gasteiger charge is -2.27. The van der Waals surface area contributed by atoms with E-state index in [0.29, 0.717) is 111 Å². The second-order valence-electron chi connectivity index (χ2n) is 14.9. The minimum Gasteiger partial charge on any atom is -0.493 e. The third-order valence-corrected chi connectivity index (χ3v) is 10.3. The van der Waals surface area contributed by atoms with E-state index in [-0.39, 0.29) is 42.9 Å². The number of piperidine rings is 1. The van der Waals surface area contributed by atoms with Gasteiger partial charge >= 0.3 is 6.18 Å². The Kier molecular flexibility index (Phi) is 16.9. The average molecular weight is 912 g/mol. The van der Waals surface area contributed by atoms with Gasteiger partial charge in [-0.05, 0) is 62.2 Å². The average Bonchev–Trinajstić information content (AvgIpc) is 3.52. The van der Waals surface area contributed by atoms with Crippen LogP contribution in [0.3, 0.4) is 0 Å². The molecule has 0 aliphatic carbocycles. The number of imide groups is 2. The van der Waals surface area contributed by atoms with Crippen LogP contribution in [0.2, 0.25) is 0 Å². The van der Waals surface area contributed by atoms with Crippen molar-refractivity contribution >= 4 is 51.7 Å². The number of hydrogen-bond donors (Lipinski definition) is 4. The molecule has 65 heavy (non-hydrogen) atoms. The molecule has 2 aliphatic rings. The number of carbonyl (C=O) groups is 4. The highest BCUT2D eigenvalue weighted by atomic mass is 19.4.